The second kappa shape index (κ2) is 8.32. The predicted octanol–water partition coefficient (Wildman–Crippen LogP) is 2.78. The van der Waals surface area contributed by atoms with E-state index in [2.05, 4.69) is 15.5 Å². The Morgan fingerprint density at radius 3 is 2.54 bits per heavy atom. The van der Waals surface area contributed by atoms with Crippen LogP contribution >= 0.6 is 0 Å². The number of carbonyl (C=O) groups is 1. The number of ether oxygens (including phenoxy) is 1. The van der Waals surface area contributed by atoms with Gasteiger partial charge in [-0.1, -0.05) is 29.4 Å². The van der Waals surface area contributed by atoms with E-state index in [0.29, 0.717) is 17.3 Å². The number of halogens is 3. The highest BCUT2D eigenvalue weighted by Gasteiger charge is 2.30. The van der Waals surface area contributed by atoms with Gasteiger partial charge in [-0.15, -0.1) is 0 Å². The van der Waals surface area contributed by atoms with Crippen molar-refractivity contribution >= 4 is 11.6 Å². The average Bonchev–Trinajstić information content (AvgIpc) is 2.64. The first-order valence-corrected chi connectivity index (χ1v) is 7.44. The molecule has 2 rings (SSSR count). The van der Waals surface area contributed by atoms with Crippen molar-refractivity contribution in [3.05, 3.63) is 59.3 Å². The van der Waals surface area contributed by atoms with Gasteiger partial charge in [0, 0.05) is 24.9 Å². The smallest absolute Gasteiger partial charge is 0.417 e. The van der Waals surface area contributed by atoms with Crippen molar-refractivity contribution < 1.29 is 27.5 Å². The lowest BCUT2D eigenvalue weighted by molar-refractivity contribution is -0.137. The molecule has 0 fully saturated rings. The molecule has 0 unspecified atom stereocenters. The third-order valence-corrected chi connectivity index (χ3v) is 3.34. The highest BCUT2D eigenvalue weighted by molar-refractivity contribution is 6.45. The predicted molar refractivity (Wildman–Crippen MR) is 87.6 cm³/mol. The molecule has 0 saturated heterocycles. The third-order valence-electron chi connectivity index (χ3n) is 3.34. The summed E-state index contributed by atoms with van der Waals surface area (Å²) in [4.78, 5) is 20.3. The van der Waals surface area contributed by atoms with Crippen LogP contribution in [0.25, 0.3) is 0 Å². The summed E-state index contributed by atoms with van der Waals surface area (Å²) >= 11 is 0. The van der Waals surface area contributed by atoms with Crippen molar-refractivity contribution in [2.45, 2.75) is 12.8 Å². The molecule has 0 spiro atoms. The van der Waals surface area contributed by atoms with E-state index in [0.717, 1.165) is 12.1 Å². The Bertz CT molecular complexity index is 790. The number of aromatic nitrogens is 1. The maximum Gasteiger partial charge on any atom is 0.417 e. The molecular formula is C17H16F3N3O3. The van der Waals surface area contributed by atoms with Crippen LogP contribution in [0.3, 0.4) is 0 Å². The number of hydrogen-bond donors (Lipinski definition) is 1. The topological polar surface area (TPSA) is 72.8 Å². The fourth-order valence-electron chi connectivity index (χ4n) is 2.08. The Hall–Kier alpha value is -3.10. The van der Waals surface area contributed by atoms with Gasteiger partial charge < -0.3 is 14.9 Å². The van der Waals surface area contributed by atoms with Gasteiger partial charge in [-0.3, -0.25) is 4.79 Å². The number of nitrogens with one attached hydrogen (secondary N) is 1. The van der Waals surface area contributed by atoms with E-state index >= 15 is 0 Å². The fourth-order valence-corrected chi connectivity index (χ4v) is 2.08. The second-order valence-electron chi connectivity index (χ2n) is 5.03. The average molecular weight is 367 g/mol. The normalized spacial score (nSPS) is 11.8. The second-order valence-corrected chi connectivity index (χ2v) is 5.03. The zero-order valence-electron chi connectivity index (χ0n) is 14.0. The number of pyridine rings is 1. The SMILES string of the molecule is CNC(=O)C(=NOC)c1ccccc1COc1ccc(C(F)(F)F)cn1. The van der Waals surface area contributed by atoms with Crippen LogP contribution in [-0.2, 0) is 22.4 Å². The van der Waals surface area contributed by atoms with Crippen molar-refractivity contribution in [3.8, 4) is 5.88 Å². The zero-order valence-corrected chi connectivity index (χ0v) is 14.0. The van der Waals surface area contributed by atoms with Crippen molar-refractivity contribution in [2.24, 2.45) is 5.16 Å². The summed E-state index contributed by atoms with van der Waals surface area (Å²) in [5, 5.41) is 6.19. The molecule has 9 heteroatoms. The monoisotopic (exact) mass is 367 g/mol. The maximum absolute atomic E-state index is 12.6. The van der Waals surface area contributed by atoms with Gasteiger partial charge in [0.2, 0.25) is 5.88 Å². The largest absolute Gasteiger partial charge is 0.473 e. The van der Waals surface area contributed by atoms with Gasteiger partial charge >= 0.3 is 6.18 Å². The summed E-state index contributed by atoms with van der Waals surface area (Å²) in [6.07, 6.45) is -3.76. The number of oxime groups is 1. The summed E-state index contributed by atoms with van der Waals surface area (Å²) in [6, 6.07) is 8.82. The standard InChI is InChI=1S/C17H16F3N3O3/c1-21-16(24)15(23-25-2)13-6-4-3-5-11(13)10-26-14-8-7-12(9-22-14)17(18,19)20/h3-9H,10H2,1-2H3,(H,21,24). The van der Waals surface area contributed by atoms with Crippen molar-refractivity contribution in [2.75, 3.05) is 14.2 Å². The highest BCUT2D eigenvalue weighted by Crippen LogP contribution is 2.29. The van der Waals surface area contributed by atoms with Crippen LogP contribution in [0.2, 0.25) is 0 Å². The molecule has 1 amide bonds. The molecule has 26 heavy (non-hydrogen) atoms. The molecule has 1 N–H and O–H groups in total. The number of likely N-dealkylation sites (N-methyl/N-ethyl adjacent to an activating group) is 1. The van der Waals surface area contributed by atoms with Gasteiger partial charge in [0.25, 0.3) is 5.91 Å². The van der Waals surface area contributed by atoms with Gasteiger partial charge in [-0.05, 0) is 11.6 Å². The van der Waals surface area contributed by atoms with Crippen LogP contribution in [-0.4, -0.2) is 30.8 Å². The quantitative estimate of drug-likeness (QED) is 0.629. The molecule has 0 bridgehead atoms. The Kier molecular flexibility index (Phi) is 6.16. The summed E-state index contributed by atoms with van der Waals surface area (Å²) < 4.78 is 43.1. The summed E-state index contributed by atoms with van der Waals surface area (Å²) in [5.74, 6) is -0.426. The summed E-state index contributed by atoms with van der Waals surface area (Å²) in [7, 11) is 2.77. The van der Waals surface area contributed by atoms with Crippen LogP contribution < -0.4 is 10.1 Å². The van der Waals surface area contributed by atoms with E-state index in [9.17, 15) is 18.0 Å². The molecule has 0 aliphatic heterocycles. The van der Waals surface area contributed by atoms with Crippen LogP contribution in [0.15, 0.2) is 47.8 Å². The molecule has 6 nitrogen and oxygen atoms in total. The molecule has 2 aromatic rings. The minimum atomic E-state index is -4.46. The molecule has 1 aromatic heterocycles. The number of amides is 1. The van der Waals surface area contributed by atoms with E-state index in [1.807, 2.05) is 0 Å². The first-order valence-electron chi connectivity index (χ1n) is 7.44. The van der Waals surface area contributed by atoms with Crippen LogP contribution in [0.5, 0.6) is 5.88 Å². The van der Waals surface area contributed by atoms with E-state index in [1.54, 1.807) is 24.3 Å². The summed E-state index contributed by atoms with van der Waals surface area (Å²) in [5.41, 5.74) is 0.253. The maximum atomic E-state index is 12.6. The van der Waals surface area contributed by atoms with E-state index < -0.39 is 17.6 Å². The first-order chi connectivity index (χ1) is 12.4. The van der Waals surface area contributed by atoms with Crippen LogP contribution in [0.4, 0.5) is 13.2 Å². The van der Waals surface area contributed by atoms with Gasteiger partial charge in [0.05, 0.1) is 5.56 Å². The van der Waals surface area contributed by atoms with Gasteiger partial charge in [0.1, 0.15) is 13.7 Å². The zero-order chi connectivity index (χ0) is 19.2. The molecule has 0 aliphatic carbocycles. The fraction of sp³-hybridized carbons (Fsp3) is 0.235. The van der Waals surface area contributed by atoms with Crippen LogP contribution in [0, 0.1) is 0 Å². The molecule has 0 aliphatic rings. The van der Waals surface area contributed by atoms with E-state index in [1.165, 1.54) is 14.2 Å². The minimum absolute atomic E-state index is 0.0196. The van der Waals surface area contributed by atoms with E-state index in [4.69, 9.17) is 9.57 Å². The van der Waals surface area contributed by atoms with E-state index in [-0.39, 0.29) is 18.2 Å². The number of carbonyl (C=O) groups excluding carboxylic acids is 1. The highest BCUT2D eigenvalue weighted by atomic mass is 19.4. The number of nitrogens with zero attached hydrogens (tertiary/aromatic N) is 2. The van der Waals surface area contributed by atoms with Gasteiger partial charge in [-0.25, -0.2) is 4.98 Å². The Morgan fingerprint density at radius 1 is 1.23 bits per heavy atom. The Morgan fingerprint density at radius 2 is 1.96 bits per heavy atom. The lowest BCUT2D eigenvalue weighted by Crippen LogP contribution is -2.29. The van der Waals surface area contributed by atoms with Gasteiger partial charge in [-0.2, -0.15) is 13.2 Å². The van der Waals surface area contributed by atoms with Crippen LogP contribution in [0.1, 0.15) is 16.7 Å². The van der Waals surface area contributed by atoms with Crippen molar-refractivity contribution in [1.29, 1.82) is 0 Å². The van der Waals surface area contributed by atoms with Crippen molar-refractivity contribution in [3.63, 3.8) is 0 Å². The Labute approximate surface area is 147 Å². The van der Waals surface area contributed by atoms with Gasteiger partial charge in [0.15, 0.2) is 5.71 Å². The molecule has 0 atom stereocenters. The molecule has 0 saturated carbocycles. The molecule has 138 valence electrons. The van der Waals surface area contributed by atoms with Crippen molar-refractivity contribution in [1.82, 2.24) is 10.3 Å². The minimum Gasteiger partial charge on any atom is -0.473 e. The molecular weight excluding hydrogens is 351 g/mol. The number of hydrogen-bond acceptors (Lipinski definition) is 5. The third kappa shape index (κ3) is 4.71. The number of benzene rings is 1. The molecule has 1 aromatic carbocycles. The summed E-state index contributed by atoms with van der Waals surface area (Å²) in [6.45, 7) is -0.0196. The molecule has 1 heterocycles. The lowest BCUT2D eigenvalue weighted by Gasteiger charge is -2.12. The molecule has 0 radical (unpaired) electrons. The number of alkyl halides is 3. The number of rotatable bonds is 6. The Balaban J connectivity index is 2.20. The first kappa shape index (κ1) is 19.2. The lowest BCUT2D eigenvalue weighted by atomic mass is 10.0.